The van der Waals surface area contributed by atoms with Crippen LogP contribution in [0.5, 0.6) is 5.75 Å². The second-order valence-corrected chi connectivity index (χ2v) is 6.41. The number of likely N-dealkylation sites (N-methyl/N-ethyl adjacent to an activating group) is 2. The molecule has 4 amide bonds. The van der Waals surface area contributed by atoms with Gasteiger partial charge in [-0.05, 0) is 35.9 Å². The van der Waals surface area contributed by atoms with E-state index in [0.29, 0.717) is 5.56 Å². The van der Waals surface area contributed by atoms with Crippen LogP contribution in [0.2, 0.25) is 5.02 Å². The van der Waals surface area contributed by atoms with Crippen molar-refractivity contribution in [1.82, 2.24) is 9.80 Å². The second-order valence-electron chi connectivity index (χ2n) is 6.01. The normalized spacial score (nSPS) is 14.4. The second kappa shape index (κ2) is 7.66. The summed E-state index contributed by atoms with van der Waals surface area (Å²) in [4.78, 5) is 50.1. The molecule has 142 valence electrons. The molecule has 0 spiro atoms. The molecule has 1 aliphatic heterocycles. The summed E-state index contributed by atoms with van der Waals surface area (Å²) in [5.41, 5.74) is 0.639. The number of urea groups is 1. The van der Waals surface area contributed by atoms with E-state index in [1.807, 2.05) is 0 Å². The van der Waals surface area contributed by atoms with E-state index in [4.69, 9.17) is 16.3 Å². The first-order valence-electron chi connectivity index (χ1n) is 8.18. The highest BCUT2D eigenvalue weighted by molar-refractivity contribution is 6.33. The van der Waals surface area contributed by atoms with Crippen LogP contribution in [0.1, 0.15) is 15.9 Å². The maximum absolute atomic E-state index is 12.2. The topological polar surface area (TPSA) is 84.0 Å². The van der Waals surface area contributed by atoms with E-state index in [0.717, 1.165) is 9.80 Å². The number of benzene rings is 2. The van der Waals surface area contributed by atoms with Crippen molar-refractivity contribution in [3.63, 3.8) is 0 Å². The SMILES string of the molecule is CN1C(=O)C(=Cc2ccc(OC(=O)c3ccccc3Cl)cc2)C(=O)N(C)C1=O. The lowest BCUT2D eigenvalue weighted by Gasteiger charge is -2.28. The summed E-state index contributed by atoms with van der Waals surface area (Å²) in [6, 6.07) is 12.1. The average molecular weight is 399 g/mol. The highest BCUT2D eigenvalue weighted by Crippen LogP contribution is 2.21. The molecule has 7 nitrogen and oxygen atoms in total. The summed E-state index contributed by atoms with van der Waals surface area (Å²) in [6.07, 6.45) is 1.38. The van der Waals surface area contributed by atoms with Crippen LogP contribution in [0.25, 0.3) is 6.08 Å². The molecule has 8 heteroatoms. The predicted octanol–water partition coefficient (Wildman–Crippen LogP) is 2.99. The molecule has 0 atom stereocenters. The number of hydrogen-bond acceptors (Lipinski definition) is 5. The van der Waals surface area contributed by atoms with Gasteiger partial charge < -0.3 is 4.74 Å². The van der Waals surface area contributed by atoms with Crippen LogP contribution in [0.4, 0.5) is 4.79 Å². The molecule has 1 aliphatic rings. The zero-order valence-electron chi connectivity index (χ0n) is 15.0. The molecule has 0 aromatic heterocycles. The van der Waals surface area contributed by atoms with Crippen LogP contribution in [0, 0.1) is 0 Å². The van der Waals surface area contributed by atoms with Crippen molar-refractivity contribution in [3.05, 3.63) is 70.3 Å². The van der Waals surface area contributed by atoms with Crippen LogP contribution < -0.4 is 4.74 Å². The van der Waals surface area contributed by atoms with Gasteiger partial charge in [-0.1, -0.05) is 35.9 Å². The van der Waals surface area contributed by atoms with Crippen molar-refractivity contribution < 1.29 is 23.9 Å². The fourth-order valence-corrected chi connectivity index (χ4v) is 2.78. The minimum Gasteiger partial charge on any atom is -0.423 e. The number of rotatable bonds is 3. The van der Waals surface area contributed by atoms with Crippen molar-refractivity contribution in [2.75, 3.05) is 14.1 Å². The Kier molecular flexibility index (Phi) is 5.28. The number of nitrogens with zero attached hydrogens (tertiary/aromatic N) is 2. The largest absolute Gasteiger partial charge is 0.423 e. The Balaban J connectivity index is 1.79. The van der Waals surface area contributed by atoms with Gasteiger partial charge in [0.25, 0.3) is 11.8 Å². The lowest BCUT2D eigenvalue weighted by Crippen LogP contribution is -2.52. The molecule has 0 radical (unpaired) electrons. The van der Waals surface area contributed by atoms with Crippen molar-refractivity contribution in [2.24, 2.45) is 0 Å². The van der Waals surface area contributed by atoms with Gasteiger partial charge in [0.15, 0.2) is 0 Å². The summed E-state index contributed by atoms with van der Waals surface area (Å²) in [5.74, 6) is -1.68. The lowest BCUT2D eigenvalue weighted by molar-refractivity contribution is -0.134. The minimum absolute atomic E-state index is 0.134. The Morgan fingerprint density at radius 2 is 1.50 bits per heavy atom. The summed E-state index contributed by atoms with van der Waals surface area (Å²) >= 11 is 5.98. The average Bonchev–Trinajstić information content (AvgIpc) is 2.69. The molecule has 0 N–H and O–H groups in total. The van der Waals surface area contributed by atoms with Gasteiger partial charge >= 0.3 is 12.0 Å². The standard InChI is InChI=1S/C20H15ClN2O5/c1-22-17(24)15(18(25)23(2)20(22)27)11-12-7-9-13(10-8-12)28-19(26)14-5-3-4-6-16(14)21/h3-11H,1-2H3. The van der Waals surface area contributed by atoms with Gasteiger partial charge in [0.1, 0.15) is 11.3 Å². The van der Waals surface area contributed by atoms with E-state index in [1.165, 1.54) is 32.3 Å². The molecular formula is C20H15ClN2O5. The quantitative estimate of drug-likeness (QED) is 0.343. The van der Waals surface area contributed by atoms with Crippen LogP contribution in [-0.4, -0.2) is 47.7 Å². The zero-order chi connectivity index (χ0) is 20.4. The number of imide groups is 2. The van der Waals surface area contributed by atoms with Gasteiger partial charge in [-0.2, -0.15) is 0 Å². The Morgan fingerprint density at radius 3 is 2.07 bits per heavy atom. The first-order chi connectivity index (χ1) is 13.3. The van der Waals surface area contributed by atoms with E-state index in [9.17, 15) is 19.2 Å². The van der Waals surface area contributed by atoms with Crippen molar-refractivity contribution in [1.29, 1.82) is 0 Å². The number of amides is 4. The Morgan fingerprint density at radius 1 is 0.929 bits per heavy atom. The fourth-order valence-electron chi connectivity index (χ4n) is 2.56. The molecule has 0 aliphatic carbocycles. The lowest BCUT2D eigenvalue weighted by atomic mass is 10.1. The molecule has 1 saturated heterocycles. The molecule has 0 bridgehead atoms. The van der Waals surface area contributed by atoms with Gasteiger partial charge in [-0.25, -0.2) is 9.59 Å². The van der Waals surface area contributed by atoms with Crippen LogP contribution in [0.3, 0.4) is 0 Å². The van der Waals surface area contributed by atoms with Crippen molar-refractivity contribution >= 4 is 41.5 Å². The number of halogens is 1. The van der Waals surface area contributed by atoms with Crippen molar-refractivity contribution in [2.45, 2.75) is 0 Å². The van der Waals surface area contributed by atoms with Crippen LogP contribution in [-0.2, 0) is 9.59 Å². The van der Waals surface area contributed by atoms with Gasteiger partial charge in [0.2, 0.25) is 0 Å². The number of barbiturate groups is 1. The number of esters is 1. The molecular weight excluding hydrogens is 384 g/mol. The minimum atomic E-state index is -0.686. The number of carbonyl (C=O) groups excluding carboxylic acids is 4. The molecule has 3 rings (SSSR count). The third-order valence-electron chi connectivity index (χ3n) is 4.14. The molecule has 2 aromatic carbocycles. The van der Waals surface area contributed by atoms with E-state index >= 15 is 0 Å². The van der Waals surface area contributed by atoms with Crippen LogP contribution >= 0.6 is 11.6 Å². The molecule has 0 saturated carbocycles. The Bertz CT molecular complexity index is 988. The molecule has 0 unspecified atom stereocenters. The number of ether oxygens (including phenoxy) is 1. The number of hydrogen-bond donors (Lipinski definition) is 0. The first kappa shape index (κ1) is 19.3. The monoisotopic (exact) mass is 398 g/mol. The third-order valence-corrected chi connectivity index (χ3v) is 4.47. The third kappa shape index (κ3) is 3.65. The van der Waals surface area contributed by atoms with Gasteiger partial charge in [0, 0.05) is 14.1 Å². The highest BCUT2D eigenvalue weighted by atomic mass is 35.5. The summed E-state index contributed by atoms with van der Waals surface area (Å²) in [7, 11) is 2.61. The van der Waals surface area contributed by atoms with Gasteiger partial charge in [0.05, 0.1) is 10.6 Å². The van der Waals surface area contributed by atoms with Gasteiger partial charge in [-0.15, -0.1) is 0 Å². The van der Waals surface area contributed by atoms with Crippen molar-refractivity contribution in [3.8, 4) is 5.75 Å². The molecule has 1 heterocycles. The maximum atomic E-state index is 12.2. The van der Waals surface area contributed by atoms with Crippen LogP contribution in [0.15, 0.2) is 54.1 Å². The van der Waals surface area contributed by atoms with E-state index in [1.54, 1.807) is 36.4 Å². The Hall–Kier alpha value is -3.45. The highest BCUT2D eigenvalue weighted by Gasteiger charge is 2.37. The predicted molar refractivity (Wildman–Crippen MR) is 102 cm³/mol. The summed E-state index contributed by atoms with van der Waals surface area (Å²) in [5, 5.41) is 0.283. The molecule has 28 heavy (non-hydrogen) atoms. The van der Waals surface area contributed by atoms with Gasteiger partial charge in [-0.3, -0.25) is 19.4 Å². The molecule has 2 aromatic rings. The maximum Gasteiger partial charge on any atom is 0.345 e. The first-order valence-corrected chi connectivity index (χ1v) is 8.56. The summed E-state index contributed by atoms with van der Waals surface area (Å²) in [6.45, 7) is 0. The molecule has 1 fully saturated rings. The fraction of sp³-hybridized carbons (Fsp3) is 0.100. The smallest absolute Gasteiger partial charge is 0.345 e. The Labute approximate surface area is 165 Å². The van der Waals surface area contributed by atoms with E-state index < -0.39 is 23.8 Å². The number of carbonyl (C=O) groups is 4. The zero-order valence-corrected chi connectivity index (χ0v) is 15.8. The van der Waals surface area contributed by atoms with E-state index in [-0.39, 0.29) is 21.9 Å². The van der Waals surface area contributed by atoms with E-state index in [2.05, 4.69) is 0 Å². The summed E-state index contributed by atoms with van der Waals surface area (Å²) < 4.78 is 5.28.